The number of hydrogen-bond donors (Lipinski definition) is 2. The molecule has 1 unspecified atom stereocenters. The molecule has 0 saturated carbocycles. The highest BCUT2D eigenvalue weighted by atomic mass is 35.5. The summed E-state index contributed by atoms with van der Waals surface area (Å²) in [4.78, 5) is 40.3. The number of alkyl halides is 3. The molecular formula is C33H33ClF3N7O6S. The first kappa shape index (κ1) is 37.5. The van der Waals surface area contributed by atoms with E-state index in [1.807, 2.05) is 4.90 Å². The maximum Gasteiger partial charge on any atom is 0.573 e. The number of aryl methyl sites for hydroxylation is 2. The Morgan fingerprint density at radius 2 is 1.73 bits per heavy atom. The number of carbonyl (C=O) groups is 3. The number of esters is 1. The molecule has 1 atom stereocenters. The molecule has 13 nitrogen and oxygen atoms in total. The lowest BCUT2D eigenvalue weighted by Gasteiger charge is -2.26. The van der Waals surface area contributed by atoms with Gasteiger partial charge in [0.05, 0.1) is 31.9 Å². The number of nitrogens with one attached hydrogen (secondary N) is 2. The van der Waals surface area contributed by atoms with Crippen molar-refractivity contribution in [2.75, 3.05) is 43.5 Å². The van der Waals surface area contributed by atoms with Crippen LogP contribution in [0.3, 0.4) is 0 Å². The molecule has 1 aliphatic rings. The van der Waals surface area contributed by atoms with E-state index in [0.717, 1.165) is 25.0 Å². The number of hydrogen-bond acceptors (Lipinski definition) is 12. The van der Waals surface area contributed by atoms with E-state index in [2.05, 4.69) is 35.8 Å². The van der Waals surface area contributed by atoms with Gasteiger partial charge in [-0.15, -0.1) is 28.5 Å². The highest BCUT2D eigenvalue weighted by Gasteiger charge is 2.31. The average Bonchev–Trinajstić information content (AvgIpc) is 3.53. The second-order valence-corrected chi connectivity index (χ2v) is 12.8. The van der Waals surface area contributed by atoms with Gasteiger partial charge in [0, 0.05) is 30.1 Å². The molecule has 0 radical (unpaired) electrons. The third kappa shape index (κ3) is 12.5. The Bertz CT molecular complexity index is 1790. The molecule has 1 saturated heterocycles. The predicted octanol–water partition coefficient (Wildman–Crippen LogP) is 5.18. The Hall–Kier alpha value is -4.71. The number of amides is 2. The molecule has 0 aliphatic carbocycles. The molecule has 2 N–H and O–H groups in total. The van der Waals surface area contributed by atoms with Crippen LogP contribution in [0.5, 0.6) is 5.75 Å². The molecule has 51 heavy (non-hydrogen) atoms. The second-order valence-electron chi connectivity index (χ2n) is 11.3. The monoisotopic (exact) mass is 747 g/mol. The summed E-state index contributed by atoms with van der Waals surface area (Å²) < 4.78 is 52.3. The van der Waals surface area contributed by atoms with E-state index in [0.29, 0.717) is 66.0 Å². The summed E-state index contributed by atoms with van der Waals surface area (Å²) in [5.74, 6) is -1.81. The summed E-state index contributed by atoms with van der Waals surface area (Å²) >= 11 is 7.37. The van der Waals surface area contributed by atoms with E-state index in [9.17, 15) is 27.6 Å². The van der Waals surface area contributed by atoms with Gasteiger partial charge < -0.3 is 19.5 Å². The standard InChI is InChI=1S/C33H33ClF3N7O6S/c34-23-7-4-6-22(19-23)30(49-29(46)20-44-13-15-48-16-14-44)31(47)39-32-43-42-28(51-32)10-2-1-8-24-11-12-26(41-40-24)38-27(45)18-21-5-3-9-25(17-21)50-33(35,36)37/h3-7,9,11-12,17,19,30H,1-2,8,10,13-16,18,20H2,(H,38,41,45)(H,39,43,47). The molecule has 5 rings (SSSR count). The van der Waals surface area contributed by atoms with Gasteiger partial charge in [0.15, 0.2) is 5.82 Å². The largest absolute Gasteiger partial charge is 0.573 e. The van der Waals surface area contributed by atoms with Crippen LogP contribution < -0.4 is 15.4 Å². The van der Waals surface area contributed by atoms with Crippen LogP contribution in [0, 0.1) is 0 Å². The molecule has 0 spiro atoms. The molecule has 2 aromatic heterocycles. The number of benzene rings is 2. The zero-order valence-electron chi connectivity index (χ0n) is 27.0. The number of nitrogens with zero attached hydrogens (tertiary/aromatic N) is 5. The maximum absolute atomic E-state index is 13.3. The summed E-state index contributed by atoms with van der Waals surface area (Å²) in [5, 5.41) is 23.0. The van der Waals surface area contributed by atoms with Gasteiger partial charge in [0.2, 0.25) is 17.1 Å². The quantitative estimate of drug-likeness (QED) is 0.122. The van der Waals surface area contributed by atoms with Crippen molar-refractivity contribution in [1.29, 1.82) is 0 Å². The van der Waals surface area contributed by atoms with Crippen LogP contribution in [0.1, 0.15) is 40.8 Å². The molecule has 0 bridgehead atoms. The number of morpholine rings is 1. The highest BCUT2D eigenvalue weighted by Crippen LogP contribution is 2.26. The average molecular weight is 748 g/mol. The molecule has 1 aliphatic heterocycles. The summed E-state index contributed by atoms with van der Waals surface area (Å²) in [6.07, 6.45) is -3.57. The van der Waals surface area contributed by atoms with Crippen LogP contribution in [0.15, 0.2) is 60.7 Å². The van der Waals surface area contributed by atoms with Crippen LogP contribution >= 0.6 is 22.9 Å². The molecule has 270 valence electrons. The van der Waals surface area contributed by atoms with Gasteiger partial charge in [0.1, 0.15) is 10.8 Å². The van der Waals surface area contributed by atoms with Gasteiger partial charge in [-0.3, -0.25) is 24.6 Å². The van der Waals surface area contributed by atoms with Crippen molar-refractivity contribution >= 4 is 51.7 Å². The molecule has 4 aromatic rings. The zero-order valence-corrected chi connectivity index (χ0v) is 28.6. The van der Waals surface area contributed by atoms with Crippen molar-refractivity contribution in [1.82, 2.24) is 25.3 Å². The van der Waals surface area contributed by atoms with Crippen molar-refractivity contribution in [3.8, 4) is 5.75 Å². The summed E-state index contributed by atoms with van der Waals surface area (Å²) in [7, 11) is 0. The lowest BCUT2D eigenvalue weighted by atomic mass is 10.1. The van der Waals surface area contributed by atoms with Crippen LogP contribution in [0.2, 0.25) is 5.02 Å². The Morgan fingerprint density at radius 3 is 2.47 bits per heavy atom. The van der Waals surface area contributed by atoms with Crippen molar-refractivity contribution in [3.63, 3.8) is 0 Å². The minimum Gasteiger partial charge on any atom is -0.446 e. The van der Waals surface area contributed by atoms with E-state index in [1.54, 1.807) is 36.4 Å². The molecule has 18 heteroatoms. The Labute approximate surface area is 299 Å². The number of aromatic nitrogens is 4. The SMILES string of the molecule is O=C(Cc1cccc(OC(F)(F)F)c1)Nc1ccc(CCCCc2nnc(NC(=O)C(OC(=O)CN3CCOCC3)c3cccc(Cl)c3)s2)nn1. The fourth-order valence-corrected chi connectivity index (χ4v) is 5.98. The van der Waals surface area contributed by atoms with E-state index in [-0.39, 0.29) is 23.9 Å². The number of rotatable bonds is 15. The normalized spacial score (nSPS) is 14.0. The van der Waals surface area contributed by atoms with Gasteiger partial charge in [0.25, 0.3) is 5.91 Å². The number of anilines is 2. The van der Waals surface area contributed by atoms with Gasteiger partial charge in [-0.1, -0.05) is 47.2 Å². The number of unbranched alkanes of at least 4 members (excludes halogenated alkanes) is 1. The topological polar surface area (TPSA) is 158 Å². The summed E-state index contributed by atoms with van der Waals surface area (Å²) in [6, 6.07) is 15.1. The van der Waals surface area contributed by atoms with Crippen LogP contribution in [-0.4, -0.2) is 82.3 Å². The molecule has 3 heterocycles. The second kappa shape index (κ2) is 18.0. The fraction of sp³-hybridized carbons (Fsp3) is 0.364. The Balaban J connectivity index is 1.06. The third-order valence-corrected chi connectivity index (χ3v) is 8.48. The minimum absolute atomic E-state index is 0.0220. The zero-order chi connectivity index (χ0) is 36.2. The molecular weight excluding hydrogens is 715 g/mol. The van der Waals surface area contributed by atoms with Crippen molar-refractivity contribution in [3.05, 3.63) is 87.5 Å². The van der Waals surface area contributed by atoms with Gasteiger partial charge in [-0.25, -0.2) is 0 Å². The van der Waals surface area contributed by atoms with Crippen molar-refractivity contribution < 1.29 is 41.8 Å². The first-order valence-corrected chi connectivity index (χ1v) is 17.0. The Morgan fingerprint density at radius 1 is 0.941 bits per heavy atom. The van der Waals surface area contributed by atoms with Crippen molar-refractivity contribution in [2.24, 2.45) is 0 Å². The lowest BCUT2D eigenvalue weighted by molar-refractivity contribution is -0.274. The van der Waals surface area contributed by atoms with Crippen molar-refractivity contribution in [2.45, 2.75) is 44.6 Å². The number of carbonyl (C=O) groups excluding carboxylic acids is 3. The molecule has 2 amide bonds. The Kier molecular flexibility index (Phi) is 13.2. The van der Waals surface area contributed by atoms with E-state index in [4.69, 9.17) is 21.1 Å². The molecule has 1 fully saturated rings. The molecule has 2 aromatic carbocycles. The maximum atomic E-state index is 13.3. The third-order valence-electron chi connectivity index (χ3n) is 7.35. The lowest BCUT2D eigenvalue weighted by Crippen LogP contribution is -2.40. The van der Waals surface area contributed by atoms with E-state index in [1.165, 1.54) is 23.5 Å². The van der Waals surface area contributed by atoms with Crippen LogP contribution in [-0.2, 0) is 43.1 Å². The minimum atomic E-state index is -4.83. The first-order chi connectivity index (χ1) is 24.5. The fourth-order valence-electron chi connectivity index (χ4n) is 5.00. The summed E-state index contributed by atoms with van der Waals surface area (Å²) in [5.41, 5.74) is 1.46. The van der Waals surface area contributed by atoms with E-state index < -0.39 is 36.0 Å². The van der Waals surface area contributed by atoms with Crippen LogP contribution in [0.25, 0.3) is 0 Å². The number of halogens is 4. The predicted molar refractivity (Wildman–Crippen MR) is 180 cm³/mol. The highest BCUT2D eigenvalue weighted by molar-refractivity contribution is 7.15. The van der Waals surface area contributed by atoms with Gasteiger partial charge >= 0.3 is 12.3 Å². The van der Waals surface area contributed by atoms with Crippen LogP contribution in [0.4, 0.5) is 24.1 Å². The van der Waals surface area contributed by atoms with Gasteiger partial charge in [-0.05, 0) is 61.2 Å². The number of ether oxygens (including phenoxy) is 3. The van der Waals surface area contributed by atoms with Gasteiger partial charge in [-0.2, -0.15) is 5.10 Å². The van der Waals surface area contributed by atoms with E-state index >= 15 is 0 Å². The first-order valence-electron chi connectivity index (χ1n) is 15.8. The smallest absolute Gasteiger partial charge is 0.446 e. The summed E-state index contributed by atoms with van der Waals surface area (Å²) in [6.45, 7) is 2.24.